The number of benzene rings is 1. The van der Waals surface area contributed by atoms with Gasteiger partial charge >= 0.3 is 0 Å². The Kier molecular flexibility index (Phi) is 4.19. The van der Waals surface area contributed by atoms with E-state index in [1.54, 1.807) is 0 Å². The summed E-state index contributed by atoms with van der Waals surface area (Å²) in [5.74, 6) is 0. The van der Waals surface area contributed by atoms with Crippen molar-refractivity contribution in [3.63, 3.8) is 0 Å². The first-order chi connectivity index (χ1) is 8.20. The molecule has 2 nitrogen and oxygen atoms in total. The molecule has 2 heteroatoms. The summed E-state index contributed by atoms with van der Waals surface area (Å²) in [4.78, 5) is 4.89. The molecule has 0 N–H and O–H groups in total. The van der Waals surface area contributed by atoms with E-state index in [4.69, 9.17) is 0 Å². The molecule has 1 aliphatic heterocycles. The molecular weight excluding hydrogens is 208 g/mol. The Labute approximate surface area is 105 Å². The van der Waals surface area contributed by atoms with Gasteiger partial charge in [0.2, 0.25) is 0 Å². The van der Waals surface area contributed by atoms with Crippen molar-refractivity contribution in [1.82, 2.24) is 9.80 Å². The lowest BCUT2D eigenvalue weighted by Gasteiger charge is -2.38. The normalized spacial score (nSPS) is 22.9. The second-order valence-corrected chi connectivity index (χ2v) is 5.25. The van der Waals surface area contributed by atoms with Crippen molar-refractivity contribution in [3.05, 3.63) is 35.4 Å². The third kappa shape index (κ3) is 3.08. The minimum atomic E-state index is 0.560. The maximum absolute atomic E-state index is 2.47. The van der Waals surface area contributed by atoms with Gasteiger partial charge in [-0.25, -0.2) is 0 Å². The fourth-order valence-corrected chi connectivity index (χ4v) is 2.57. The van der Waals surface area contributed by atoms with Crippen LogP contribution in [0.25, 0.3) is 0 Å². The van der Waals surface area contributed by atoms with E-state index in [1.165, 1.54) is 30.5 Å². The van der Waals surface area contributed by atoms with E-state index in [9.17, 15) is 0 Å². The Morgan fingerprint density at radius 1 is 1.12 bits per heavy atom. The van der Waals surface area contributed by atoms with Gasteiger partial charge < -0.3 is 4.90 Å². The number of aryl methyl sites for hydroxylation is 1. The zero-order chi connectivity index (χ0) is 12.3. The van der Waals surface area contributed by atoms with E-state index >= 15 is 0 Å². The number of hydrogen-bond acceptors (Lipinski definition) is 2. The van der Waals surface area contributed by atoms with Crippen molar-refractivity contribution in [3.8, 4) is 0 Å². The Bertz CT molecular complexity index is 344. The van der Waals surface area contributed by atoms with Gasteiger partial charge in [0.25, 0.3) is 0 Å². The van der Waals surface area contributed by atoms with E-state index in [2.05, 4.69) is 55.1 Å². The maximum atomic E-state index is 2.47. The van der Waals surface area contributed by atoms with Gasteiger partial charge in [0, 0.05) is 25.7 Å². The van der Waals surface area contributed by atoms with E-state index < -0.39 is 0 Å². The van der Waals surface area contributed by atoms with Crippen LogP contribution in [0.2, 0.25) is 0 Å². The summed E-state index contributed by atoms with van der Waals surface area (Å²) >= 11 is 0. The zero-order valence-corrected chi connectivity index (χ0v) is 11.3. The highest BCUT2D eigenvalue weighted by Gasteiger charge is 2.23. The molecule has 1 saturated heterocycles. The highest BCUT2D eigenvalue weighted by molar-refractivity contribution is 5.25. The Hall–Kier alpha value is -0.860. The van der Waals surface area contributed by atoms with Gasteiger partial charge in [0.05, 0.1) is 0 Å². The summed E-state index contributed by atoms with van der Waals surface area (Å²) in [6, 6.07) is 9.77. The fourth-order valence-electron chi connectivity index (χ4n) is 2.57. The van der Waals surface area contributed by atoms with Crippen LogP contribution in [0.15, 0.2) is 24.3 Å². The molecule has 0 amide bonds. The predicted octanol–water partition coefficient (Wildman–Crippen LogP) is 2.56. The standard InChI is InChI=1S/C15H24N2/c1-4-5-13-6-8-14(9-7-13)15-12-16(2)10-11-17(15)3/h6-9,15H,4-5,10-12H2,1-3H3. The van der Waals surface area contributed by atoms with Crippen LogP contribution in [0.5, 0.6) is 0 Å². The summed E-state index contributed by atoms with van der Waals surface area (Å²) in [7, 11) is 4.45. The first kappa shape index (κ1) is 12.6. The molecule has 0 bridgehead atoms. The molecule has 0 spiro atoms. The molecule has 1 aliphatic rings. The number of likely N-dealkylation sites (N-methyl/N-ethyl adjacent to an activating group) is 2. The van der Waals surface area contributed by atoms with Crippen molar-refractivity contribution in [1.29, 1.82) is 0 Å². The van der Waals surface area contributed by atoms with Crippen molar-refractivity contribution in [2.75, 3.05) is 33.7 Å². The number of nitrogens with zero attached hydrogens (tertiary/aromatic N) is 2. The maximum Gasteiger partial charge on any atom is 0.0472 e. The van der Waals surface area contributed by atoms with Crippen LogP contribution in [0.3, 0.4) is 0 Å². The number of piperazine rings is 1. The average molecular weight is 232 g/mol. The zero-order valence-electron chi connectivity index (χ0n) is 11.3. The van der Waals surface area contributed by atoms with Crippen LogP contribution in [0.4, 0.5) is 0 Å². The van der Waals surface area contributed by atoms with Gasteiger partial charge in [-0.15, -0.1) is 0 Å². The molecule has 1 aromatic carbocycles. The minimum Gasteiger partial charge on any atom is -0.303 e. The monoisotopic (exact) mass is 232 g/mol. The quantitative estimate of drug-likeness (QED) is 0.790. The highest BCUT2D eigenvalue weighted by atomic mass is 15.3. The molecule has 0 aliphatic carbocycles. The van der Waals surface area contributed by atoms with Crippen LogP contribution in [-0.2, 0) is 6.42 Å². The Morgan fingerprint density at radius 2 is 1.82 bits per heavy atom. The molecule has 0 saturated carbocycles. The molecule has 2 rings (SSSR count). The SMILES string of the molecule is CCCc1ccc(C2CN(C)CCN2C)cc1. The lowest BCUT2D eigenvalue weighted by Crippen LogP contribution is -2.44. The largest absolute Gasteiger partial charge is 0.303 e. The summed E-state index contributed by atoms with van der Waals surface area (Å²) < 4.78 is 0. The Balaban J connectivity index is 2.10. The lowest BCUT2D eigenvalue weighted by atomic mass is 10.0. The van der Waals surface area contributed by atoms with Gasteiger partial charge in [0.1, 0.15) is 0 Å². The van der Waals surface area contributed by atoms with Crippen molar-refractivity contribution >= 4 is 0 Å². The Morgan fingerprint density at radius 3 is 2.47 bits per heavy atom. The van der Waals surface area contributed by atoms with Crippen molar-refractivity contribution in [2.45, 2.75) is 25.8 Å². The molecule has 17 heavy (non-hydrogen) atoms. The van der Waals surface area contributed by atoms with E-state index in [0.29, 0.717) is 6.04 Å². The topological polar surface area (TPSA) is 6.48 Å². The fraction of sp³-hybridized carbons (Fsp3) is 0.600. The van der Waals surface area contributed by atoms with Gasteiger partial charge in [-0.2, -0.15) is 0 Å². The molecule has 1 aromatic rings. The molecule has 0 aromatic heterocycles. The van der Waals surface area contributed by atoms with E-state index in [1.807, 2.05) is 0 Å². The van der Waals surface area contributed by atoms with Crippen molar-refractivity contribution < 1.29 is 0 Å². The molecule has 1 atom stereocenters. The van der Waals surface area contributed by atoms with Crippen LogP contribution in [0.1, 0.15) is 30.5 Å². The molecule has 1 fully saturated rings. The number of rotatable bonds is 3. The van der Waals surface area contributed by atoms with Crippen LogP contribution in [-0.4, -0.2) is 43.5 Å². The summed E-state index contributed by atoms with van der Waals surface area (Å²) in [5.41, 5.74) is 2.92. The van der Waals surface area contributed by atoms with Crippen LogP contribution >= 0.6 is 0 Å². The molecule has 94 valence electrons. The molecular formula is C15H24N2. The highest BCUT2D eigenvalue weighted by Crippen LogP contribution is 2.23. The van der Waals surface area contributed by atoms with Crippen LogP contribution < -0.4 is 0 Å². The summed E-state index contributed by atoms with van der Waals surface area (Å²) in [5, 5.41) is 0. The predicted molar refractivity (Wildman–Crippen MR) is 73.3 cm³/mol. The lowest BCUT2D eigenvalue weighted by molar-refractivity contribution is 0.115. The first-order valence-electron chi connectivity index (χ1n) is 6.68. The van der Waals surface area contributed by atoms with Gasteiger partial charge in [-0.3, -0.25) is 4.90 Å². The molecule has 1 unspecified atom stereocenters. The minimum absolute atomic E-state index is 0.560. The van der Waals surface area contributed by atoms with Gasteiger partial charge in [-0.05, 0) is 31.6 Å². The molecule has 0 radical (unpaired) electrons. The second-order valence-electron chi connectivity index (χ2n) is 5.25. The first-order valence-corrected chi connectivity index (χ1v) is 6.68. The average Bonchev–Trinajstić information content (AvgIpc) is 2.34. The van der Waals surface area contributed by atoms with Gasteiger partial charge in [0.15, 0.2) is 0 Å². The van der Waals surface area contributed by atoms with Crippen LogP contribution in [0, 0.1) is 0 Å². The number of hydrogen-bond donors (Lipinski definition) is 0. The summed E-state index contributed by atoms with van der Waals surface area (Å²) in [6.07, 6.45) is 2.42. The van der Waals surface area contributed by atoms with E-state index in [0.717, 1.165) is 13.1 Å². The smallest absolute Gasteiger partial charge is 0.0472 e. The molecule has 1 heterocycles. The van der Waals surface area contributed by atoms with Crippen molar-refractivity contribution in [2.24, 2.45) is 0 Å². The van der Waals surface area contributed by atoms with E-state index in [-0.39, 0.29) is 0 Å². The summed E-state index contributed by atoms with van der Waals surface area (Å²) in [6.45, 7) is 5.72. The second kappa shape index (κ2) is 5.65. The third-order valence-electron chi connectivity index (χ3n) is 3.75. The third-order valence-corrected chi connectivity index (χ3v) is 3.75. The van der Waals surface area contributed by atoms with Gasteiger partial charge in [-0.1, -0.05) is 37.6 Å².